The average Bonchev–Trinajstić information content (AvgIpc) is 2.70. The quantitative estimate of drug-likeness (QED) is 0.750. The lowest BCUT2D eigenvalue weighted by Crippen LogP contribution is -2.20. The van der Waals surface area contributed by atoms with Crippen molar-refractivity contribution in [2.75, 3.05) is 6.54 Å². The first kappa shape index (κ1) is 11.6. The molecule has 0 amide bonds. The Morgan fingerprint density at radius 1 is 1.50 bits per heavy atom. The minimum Gasteiger partial charge on any atom is -0.392 e. The maximum absolute atomic E-state index is 9.57. The van der Waals surface area contributed by atoms with Gasteiger partial charge in [0.2, 0.25) is 0 Å². The highest BCUT2D eigenvalue weighted by molar-refractivity contribution is 5.28. The van der Waals surface area contributed by atoms with Crippen molar-refractivity contribution in [2.45, 2.75) is 44.8 Å². The number of nitrogens with one attached hydrogen (secondary N) is 1. The van der Waals surface area contributed by atoms with Crippen LogP contribution in [-0.4, -0.2) is 27.5 Å². The Kier molecular flexibility index (Phi) is 2.80. The SMILES string of the molecule is Cn1cc(C2CC(O)CN2)c(C(C)(C)C)n1. The minimum absolute atomic E-state index is 0.0474. The summed E-state index contributed by atoms with van der Waals surface area (Å²) in [5.41, 5.74) is 2.40. The van der Waals surface area contributed by atoms with E-state index < -0.39 is 0 Å². The first-order chi connectivity index (χ1) is 7.38. The third-order valence-corrected chi connectivity index (χ3v) is 3.05. The van der Waals surface area contributed by atoms with E-state index in [2.05, 4.69) is 37.4 Å². The number of aliphatic hydroxyl groups excluding tert-OH is 1. The summed E-state index contributed by atoms with van der Waals surface area (Å²) in [6, 6.07) is 0.248. The van der Waals surface area contributed by atoms with E-state index in [0.717, 1.165) is 12.1 Å². The summed E-state index contributed by atoms with van der Waals surface area (Å²) in [4.78, 5) is 0. The van der Waals surface area contributed by atoms with Crippen LogP contribution in [0.3, 0.4) is 0 Å². The fourth-order valence-electron chi connectivity index (χ4n) is 2.30. The van der Waals surface area contributed by atoms with Gasteiger partial charge in [-0.1, -0.05) is 20.8 Å². The number of rotatable bonds is 1. The van der Waals surface area contributed by atoms with E-state index in [1.54, 1.807) is 0 Å². The van der Waals surface area contributed by atoms with E-state index in [1.807, 2.05) is 11.7 Å². The van der Waals surface area contributed by atoms with Gasteiger partial charge in [0.25, 0.3) is 0 Å². The van der Waals surface area contributed by atoms with Gasteiger partial charge in [-0.15, -0.1) is 0 Å². The Morgan fingerprint density at radius 2 is 2.19 bits per heavy atom. The summed E-state index contributed by atoms with van der Waals surface area (Å²) < 4.78 is 1.86. The number of aliphatic hydroxyl groups is 1. The monoisotopic (exact) mass is 223 g/mol. The second kappa shape index (κ2) is 3.86. The largest absolute Gasteiger partial charge is 0.392 e. The predicted octanol–water partition coefficient (Wildman–Crippen LogP) is 1.11. The van der Waals surface area contributed by atoms with Gasteiger partial charge in [0, 0.05) is 36.8 Å². The van der Waals surface area contributed by atoms with Gasteiger partial charge < -0.3 is 10.4 Å². The maximum Gasteiger partial charge on any atom is 0.0725 e. The number of β-amino-alcohol motifs (C(OH)–C–C–N with tert-alkyl or cyclic N) is 1. The lowest BCUT2D eigenvalue weighted by Gasteiger charge is -2.20. The Hall–Kier alpha value is -0.870. The molecule has 2 rings (SSSR count). The van der Waals surface area contributed by atoms with E-state index in [9.17, 15) is 5.11 Å². The van der Waals surface area contributed by atoms with Crippen LogP contribution in [0.25, 0.3) is 0 Å². The Morgan fingerprint density at radius 3 is 2.69 bits per heavy atom. The lowest BCUT2D eigenvalue weighted by molar-refractivity contribution is 0.193. The van der Waals surface area contributed by atoms with Gasteiger partial charge in [-0.2, -0.15) is 5.10 Å². The van der Waals surface area contributed by atoms with Crippen molar-refractivity contribution < 1.29 is 5.11 Å². The van der Waals surface area contributed by atoms with Crippen molar-refractivity contribution in [1.29, 1.82) is 0 Å². The van der Waals surface area contributed by atoms with Crippen molar-refractivity contribution in [3.63, 3.8) is 0 Å². The molecule has 90 valence electrons. The van der Waals surface area contributed by atoms with Crippen molar-refractivity contribution in [1.82, 2.24) is 15.1 Å². The van der Waals surface area contributed by atoms with Gasteiger partial charge in [0.15, 0.2) is 0 Å². The normalized spacial score (nSPS) is 26.3. The smallest absolute Gasteiger partial charge is 0.0725 e. The molecule has 4 heteroatoms. The second-order valence-corrected chi connectivity index (χ2v) is 5.71. The molecule has 2 atom stereocenters. The summed E-state index contributed by atoms with van der Waals surface area (Å²) >= 11 is 0. The number of hydrogen-bond donors (Lipinski definition) is 2. The highest BCUT2D eigenvalue weighted by Crippen LogP contribution is 2.32. The summed E-state index contributed by atoms with van der Waals surface area (Å²) in [5, 5.41) is 17.5. The van der Waals surface area contributed by atoms with E-state index in [4.69, 9.17) is 0 Å². The first-order valence-corrected chi connectivity index (χ1v) is 5.83. The number of aromatic nitrogens is 2. The molecule has 0 saturated carbocycles. The van der Waals surface area contributed by atoms with E-state index in [-0.39, 0.29) is 17.6 Å². The molecule has 1 aromatic heterocycles. The third kappa shape index (κ3) is 2.13. The maximum atomic E-state index is 9.57. The van der Waals surface area contributed by atoms with E-state index >= 15 is 0 Å². The molecule has 1 fully saturated rings. The highest BCUT2D eigenvalue weighted by atomic mass is 16.3. The van der Waals surface area contributed by atoms with Crippen LogP contribution in [0.1, 0.15) is 44.5 Å². The molecule has 2 heterocycles. The molecule has 2 unspecified atom stereocenters. The molecule has 0 aromatic carbocycles. The number of nitrogens with zero attached hydrogens (tertiary/aromatic N) is 2. The fourth-order valence-corrected chi connectivity index (χ4v) is 2.30. The molecule has 1 aliphatic rings. The van der Waals surface area contributed by atoms with Crippen LogP contribution < -0.4 is 5.32 Å². The molecule has 0 aliphatic carbocycles. The zero-order valence-corrected chi connectivity index (χ0v) is 10.5. The average molecular weight is 223 g/mol. The molecule has 0 bridgehead atoms. The van der Waals surface area contributed by atoms with Gasteiger partial charge in [-0.25, -0.2) is 0 Å². The van der Waals surface area contributed by atoms with Gasteiger partial charge in [0.1, 0.15) is 0 Å². The molecule has 4 nitrogen and oxygen atoms in total. The van der Waals surface area contributed by atoms with Crippen LogP contribution in [0, 0.1) is 0 Å². The lowest BCUT2D eigenvalue weighted by atomic mass is 9.87. The molecule has 1 saturated heterocycles. The molecule has 1 aliphatic heterocycles. The third-order valence-electron chi connectivity index (χ3n) is 3.05. The molecule has 16 heavy (non-hydrogen) atoms. The Balaban J connectivity index is 2.33. The standard InChI is InChI=1S/C12H21N3O/c1-12(2,3)11-9(7-15(4)14-11)10-5-8(16)6-13-10/h7-8,10,13,16H,5-6H2,1-4H3. The summed E-state index contributed by atoms with van der Waals surface area (Å²) in [5.74, 6) is 0. The zero-order valence-electron chi connectivity index (χ0n) is 10.5. The van der Waals surface area contributed by atoms with Crippen molar-refractivity contribution in [2.24, 2.45) is 7.05 Å². The van der Waals surface area contributed by atoms with Gasteiger partial charge in [0.05, 0.1) is 11.8 Å². The Labute approximate surface area is 96.7 Å². The molecular weight excluding hydrogens is 202 g/mol. The topological polar surface area (TPSA) is 50.1 Å². The number of aryl methyl sites for hydroxylation is 1. The van der Waals surface area contributed by atoms with Crippen molar-refractivity contribution in [3.8, 4) is 0 Å². The zero-order chi connectivity index (χ0) is 11.9. The highest BCUT2D eigenvalue weighted by Gasteiger charge is 2.30. The predicted molar refractivity (Wildman–Crippen MR) is 63.3 cm³/mol. The van der Waals surface area contributed by atoms with Crippen LogP contribution in [0.2, 0.25) is 0 Å². The van der Waals surface area contributed by atoms with Crippen LogP contribution in [0.4, 0.5) is 0 Å². The summed E-state index contributed by atoms with van der Waals surface area (Å²) in [6.45, 7) is 7.20. The molecule has 2 N–H and O–H groups in total. The van der Waals surface area contributed by atoms with Crippen LogP contribution >= 0.6 is 0 Å². The summed E-state index contributed by atoms with van der Waals surface area (Å²) in [6.07, 6.45) is 2.63. The Bertz CT molecular complexity index is 378. The fraction of sp³-hybridized carbons (Fsp3) is 0.750. The first-order valence-electron chi connectivity index (χ1n) is 5.83. The van der Waals surface area contributed by atoms with Crippen molar-refractivity contribution in [3.05, 3.63) is 17.5 Å². The molecular formula is C12H21N3O. The van der Waals surface area contributed by atoms with E-state index in [0.29, 0.717) is 6.54 Å². The molecule has 0 radical (unpaired) electrons. The van der Waals surface area contributed by atoms with Gasteiger partial charge in [-0.05, 0) is 6.42 Å². The van der Waals surface area contributed by atoms with Gasteiger partial charge in [-0.3, -0.25) is 4.68 Å². The molecule has 0 spiro atoms. The number of hydrogen-bond acceptors (Lipinski definition) is 3. The van der Waals surface area contributed by atoms with Gasteiger partial charge >= 0.3 is 0 Å². The minimum atomic E-state index is -0.224. The summed E-state index contributed by atoms with van der Waals surface area (Å²) in [7, 11) is 1.95. The van der Waals surface area contributed by atoms with E-state index in [1.165, 1.54) is 5.56 Å². The van der Waals surface area contributed by atoms with Crippen LogP contribution in [0.5, 0.6) is 0 Å². The van der Waals surface area contributed by atoms with Crippen LogP contribution in [0.15, 0.2) is 6.20 Å². The van der Waals surface area contributed by atoms with Crippen LogP contribution in [-0.2, 0) is 12.5 Å². The van der Waals surface area contributed by atoms with Crippen molar-refractivity contribution >= 4 is 0 Å². The molecule has 1 aromatic rings. The second-order valence-electron chi connectivity index (χ2n) is 5.71.